The number of imidazole rings is 1. The molecule has 0 aliphatic rings. The van der Waals surface area contributed by atoms with E-state index in [0.717, 1.165) is 12.1 Å². The summed E-state index contributed by atoms with van der Waals surface area (Å²) < 4.78 is 4.00. The normalized spacial score (nSPS) is 10.7. The summed E-state index contributed by atoms with van der Waals surface area (Å²) >= 11 is 0. The smallest absolute Gasteiger partial charge is 0.268 e. The Bertz CT molecular complexity index is 1020. The summed E-state index contributed by atoms with van der Waals surface area (Å²) in [7, 11) is 0. The molecule has 2 aromatic carbocycles. The minimum Gasteiger partial charge on any atom is -0.347 e. The lowest BCUT2D eigenvalue weighted by molar-refractivity contribution is 0.0942. The van der Waals surface area contributed by atoms with Crippen LogP contribution in [0.3, 0.4) is 0 Å². The van der Waals surface area contributed by atoms with Crippen molar-refractivity contribution in [2.75, 3.05) is 0 Å². The summed E-state index contributed by atoms with van der Waals surface area (Å²) in [5.41, 5.74) is 4.11. The third kappa shape index (κ3) is 4.38. The van der Waals surface area contributed by atoms with Crippen LogP contribution < -0.4 is 5.32 Å². The first-order valence-electron chi connectivity index (χ1n) is 9.29. The number of nitrogens with one attached hydrogen (secondary N) is 1. The van der Waals surface area contributed by atoms with Crippen LogP contribution in [0.1, 0.15) is 27.2 Å². The average molecular weight is 370 g/mol. The van der Waals surface area contributed by atoms with Gasteiger partial charge in [0.25, 0.3) is 5.91 Å². The van der Waals surface area contributed by atoms with Gasteiger partial charge in [0.05, 0.1) is 6.33 Å². The third-order valence-electron chi connectivity index (χ3n) is 4.66. The van der Waals surface area contributed by atoms with E-state index in [-0.39, 0.29) is 5.91 Å². The number of benzene rings is 2. The maximum atomic E-state index is 12.6. The van der Waals surface area contributed by atoms with E-state index in [9.17, 15) is 4.79 Å². The van der Waals surface area contributed by atoms with Gasteiger partial charge in [-0.15, -0.1) is 0 Å². The van der Waals surface area contributed by atoms with Gasteiger partial charge < -0.3 is 14.5 Å². The minimum absolute atomic E-state index is 0.0663. The first-order chi connectivity index (χ1) is 13.8. The molecule has 0 radical (unpaired) electrons. The molecular formula is C23H22N4O. The molecule has 4 aromatic rings. The van der Waals surface area contributed by atoms with Crippen LogP contribution in [0.2, 0.25) is 0 Å². The van der Waals surface area contributed by atoms with Crippen LogP contribution in [0.25, 0.3) is 0 Å². The lowest BCUT2D eigenvalue weighted by atomic mass is 10.1. The monoisotopic (exact) mass is 370 g/mol. The average Bonchev–Trinajstić information content (AvgIpc) is 3.40. The lowest BCUT2D eigenvalue weighted by Gasteiger charge is -2.10. The van der Waals surface area contributed by atoms with E-state index >= 15 is 0 Å². The van der Waals surface area contributed by atoms with Crippen LogP contribution in [-0.4, -0.2) is 20.0 Å². The molecular weight excluding hydrogens is 348 g/mol. The number of hydrogen-bond acceptors (Lipinski definition) is 2. The molecule has 0 bridgehead atoms. The van der Waals surface area contributed by atoms with Crippen molar-refractivity contribution in [2.24, 2.45) is 0 Å². The largest absolute Gasteiger partial charge is 0.347 e. The van der Waals surface area contributed by atoms with Crippen LogP contribution in [0.4, 0.5) is 0 Å². The molecule has 0 unspecified atom stereocenters. The van der Waals surface area contributed by atoms with E-state index in [4.69, 9.17) is 0 Å². The zero-order valence-corrected chi connectivity index (χ0v) is 15.5. The Balaban J connectivity index is 1.35. The van der Waals surface area contributed by atoms with Crippen LogP contribution in [0.15, 0.2) is 91.6 Å². The molecule has 0 fully saturated rings. The van der Waals surface area contributed by atoms with Gasteiger partial charge in [-0.3, -0.25) is 4.79 Å². The van der Waals surface area contributed by atoms with Crippen LogP contribution >= 0.6 is 0 Å². The lowest BCUT2D eigenvalue weighted by Crippen LogP contribution is -2.25. The molecule has 1 N–H and O–H groups in total. The van der Waals surface area contributed by atoms with Gasteiger partial charge >= 0.3 is 0 Å². The zero-order valence-electron chi connectivity index (χ0n) is 15.5. The van der Waals surface area contributed by atoms with Gasteiger partial charge in [-0.1, -0.05) is 54.6 Å². The molecule has 140 valence electrons. The number of nitrogens with zero attached hydrogens (tertiary/aromatic N) is 3. The van der Waals surface area contributed by atoms with Gasteiger partial charge in [0.1, 0.15) is 5.69 Å². The van der Waals surface area contributed by atoms with Gasteiger partial charge in [-0.2, -0.15) is 0 Å². The highest BCUT2D eigenvalue weighted by molar-refractivity contribution is 5.92. The molecule has 5 heteroatoms. The second-order valence-corrected chi connectivity index (χ2v) is 6.74. The summed E-state index contributed by atoms with van der Waals surface area (Å²) in [5.74, 6) is -0.0663. The topological polar surface area (TPSA) is 51.9 Å². The number of rotatable bonds is 7. The van der Waals surface area contributed by atoms with E-state index in [1.165, 1.54) is 11.1 Å². The van der Waals surface area contributed by atoms with Crippen molar-refractivity contribution in [1.29, 1.82) is 0 Å². The Kier molecular flexibility index (Phi) is 5.33. The summed E-state index contributed by atoms with van der Waals surface area (Å²) in [5, 5.41) is 3.02. The van der Waals surface area contributed by atoms with Crippen molar-refractivity contribution in [3.8, 4) is 0 Å². The fourth-order valence-electron chi connectivity index (χ4n) is 3.16. The number of amides is 1. The highest BCUT2D eigenvalue weighted by atomic mass is 16.1. The first kappa shape index (κ1) is 17.8. The fourth-order valence-corrected chi connectivity index (χ4v) is 3.16. The van der Waals surface area contributed by atoms with Crippen molar-refractivity contribution in [3.63, 3.8) is 0 Å². The molecule has 4 rings (SSSR count). The van der Waals surface area contributed by atoms with Crippen molar-refractivity contribution in [3.05, 3.63) is 114 Å². The summed E-state index contributed by atoms with van der Waals surface area (Å²) in [6.45, 7) is 1.97. The van der Waals surface area contributed by atoms with Gasteiger partial charge in [-0.25, -0.2) is 4.98 Å². The van der Waals surface area contributed by atoms with Gasteiger partial charge in [0.2, 0.25) is 0 Å². The Morgan fingerprint density at radius 2 is 1.57 bits per heavy atom. The maximum absolute atomic E-state index is 12.6. The van der Waals surface area contributed by atoms with E-state index in [0.29, 0.717) is 18.8 Å². The standard InChI is InChI=1S/C23H22N4O/c28-23(22-7-4-13-27(22)17-20-5-2-1-3-6-20)25-15-19-8-10-21(11-9-19)16-26-14-12-24-18-26/h1-14,18H,15-17H2,(H,25,28). The van der Waals surface area contributed by atoms with E-state index < -0.39 is 0 Å². The molecule has 0 aliphatic carbocycles. The molecule has 0 atom stereocenters. The molecule has 0 spiro atoms. The van der Waals surface area contributed by atoms with Crippen LogP contribution in [0.5, 0.6) is 0 Å². The SMILES string of the molecule is O=C(NCc1ccc(Cn2ccnc2)cc1)c1cccn1Cc1ccccc1. The predicted octanol–water partition coefficient (Wildman–Crippen LogP) is 3.71. The van der Waals surface area contributed by atoms with Crippen LogP contribution in [0, 0.1) is 0 Å². The van der Waals surface area contributed by atoms with Crippen molar-refractivity contribution < 1.29 is 4.79 Å². The number of aromatic nitrogens is 3. The Morgan fingerprint density at radius 1 is 0.821 bits per heavy atom. The molecule has 0 saturated carbocycles. The van der Waals surface area contributed by atoms with Crippen molar-refractivity contribution >= 4 is 5.91 Å². The maximum Gasteiger partial charge on any atom is 0.268 e. The molecule has 2 heterocycles. The molecule has 1 amide bonds. The Hall–Kier alpha value is -3.60. The number of carbonyl (C=O) groups excluding carboxylic acids is 1. The Morgan fingerprint density at radius 3 is 2.32 bits per heavy atom. The molecule has 0 aliphatic heterocycles. The fraction of sp³-hybridized carbons (Fsp3) is 0.130. The van der Waals surface area contributed by atoms with E-state index in [1.807, 2.05) is 51.9 Å². The summed E-state index contributed by atoms with van der Waals surface area (Å²) in [6.07, 6.45) is 7.46. The second kappa shape index (κ2) is 8.39. The number of hydrogen-bond donors (Lipinski definition) is 1. The summed E-state index contributed by atoms with van der Waals surface area (Å²) in [6, 6.07) is 22.2. The van der Waals surface area contributed by atoms with Gasteiger partial charge in [0, 0.05) is 38.2 Å². The van der Waals surface area contributed by atoms with E-state index in [1.54, 1.807) is 12.5 Å². The van der Waals surface area contributed by atoms with E-state index in [2.05, 4.69) is 46.7 Å². The first-order valence-corrected chi connectivity index (χ1v) is 9.29. The minimum atomic E-state index is -0.0663. The third-order valence-corrected chi connectivity index (χ3v) is 4.66. The zero-order chi connectivity index (χ0) is 19.2. The highest BCUT2D eigenvalue weighted by Gasteiger charge is 2.10. The summed E-state index contributed by atoms with van der Waals surface area (Å²) in [4.78, 5) is 16.7. The number of carbonyl (C=O) groups is 1. The van der Waals surface area contributed by atoms with Gasteiger partial charge in [0.15, 0.2) is 0 Å². The van der Waals surface area contributed by atoms with Gasteiger partial charge in [-0.05, 0) is 28.8 Å². The quantitative estimate of drug-likeness (QED) is 0.539. The highest BCUT2D eigenvalue weighted by Crippen LogP contribution is 2.10. The molecule has 0 saturated heterocycles. The van der Waals surface area contributed by atoms with Crippen molar-refractivity contribution in [1.82, 2.24) is 19.4 Å². The second-order valence-electron chi connectivity index (χ2n) is 6.74. The predicted molar refractivity (Wildman–Crippen MR) is 109 cm³/mol. The van der Waals surface area contributed by atoms with Crippen LogP contribution in [-0.2, 0) is 19.6 Å². The Labute approximate surface area is 164 Å². The molecule has 28 heavy (non-hydrogen) atoms. The molecule has 5 nitrogen and oxygen atoms in total. The molecule has 2 aromatic heterocycles. The van der Waals surface area contributed by atoms with Crippen molar-refractivity contribution in [2.45, 2.75) is 19.6 Å².